The molecular formula is C25H23N3O. The number of aromatic nitrogens is 1. The van der Waals surface area contributed by atoms with Crippen molar-refractivity contribution in [3.8, 4) is 11.3 Å². The van der Waals surface area contributed by atoms with Crippen molar-refractivity contribution in [2.75, 3.05) is 0 Å². The zero-order valence-corrected chi connectivity index (χ0v) is 16.4. The monoisotopic (exact) mass is 381 g/mol. The SMILES string of the molecule is Cc1ccc(-c2cc(C(=O)NN=C[C@@H]3C[C@H]4C=C[C@H]3C4)c3ccccc3n2)cc1. The number of hydrogen-bond donors (Lipinski definition) is 1. The van der Waals surface area contributed by atoms with Crippen LogP contribution in [0.1, 0.15) is 28.8 Å². The number of para-hydroxylation sites is 1. The molecule has 1 fully saturated rings. The molecule has 3 atom stereocenters. The third-order valence-electron chi connectivity index (χ3n) is 6.07. The third kappa shape index (κ3) is 3.46. The van der Waals surface area contributed by atoms with E-state index >= 15 is 0 Å². The lowest BCUT2D eigenvalue weighted by Gasteiger charge is -2.12. The highest BCUT2D eigenvalue weighted by atomic mass is 16.2. The highest BCUT2D eigenvalue weighted by Gasteiger charge is 2.34. The average molecular weight is 381 g/mol. The van der Waals surface area contributed by atoms with Gasteiger partial charge >= 0.3 is 0 Å². The standard InChI is InChI=1S/C25H23N3O/c1-16-6-9-18(10-7-16)24-14-22(21-4-2-3-5-23(21)27-24)25(29)28-26-15-20-13-17-8-11-19(20)12-17/h2-11,14-15,17,19-20H,12-13H2,1H3,(H,28,29)/t17-,19-,20-/m0/s1. The Balaban J connectivity index is 1.44. The Kier molecular flexibility index (Phi) is 4.47. The van der Waals surface area contributed by atoms with Gasteiger partial charge in [-0.3, -0.25) is 4.79 Å². The van der Waals surface area contributed by atoms with Crippen LogP contribution < -0.4 is 5.43 Å². The van der Waals surface area contributed by atoms with E-state index in [4.69, 9.17) is 4.98 Å². The Bertz CT molecular complexity index is 1130. The second kappa shape index (κ2) is 7.28. The third-order valence-corrected chi connectivity index (χ3v) is 6.07. The van der Waals surface area contributed by atoms with Crippen LogP contribution >= 0.6 is 0 Å². The second-order valence-corrected chi connectivity index (χ2v) is 8.10. The number of fused-ring (bicyclic) bond motifs is 3. The molecule has 1 amide bonds. The minimum absolute atomic E-state index is 0.202. The molecule has 3 aromatic rings. The van der Waals surface area contributed by atoms with Gasteiger partial charge in [0.25, 0.3) is 5.91 Å². The minimum atomic E-state index is -0.202. The first-order valence-corrected chi connectivity index (χ1v) is 10.2. The van der Waals surface area contributed by atoms with Crippen LogP contribution in [0.4, 0.5) is 0 Å². The van der Waals surface area contributed by atoms with E-state index in [1.807, 2.05) is 48.7 Å². The van der Waals surface area contributed by atoms with E-state index in [0.29, 0.717) is 23.3 Å². The summed E-state index contributed by atoms with van der Waals surface area (Å²) in [5.74, 6) is 1.50. The van der Waals surface area contributed by atoms with Crippen molar-refractivity contribution in [1.82, 2.24) is 10.4 Å². The van der Waals surface area contributed by atoms with Crippen LogP contribution in [0.25, 0.3) is 22.2 Å². The van der Waals surface area contributed by atoms with Gasteiger partial charge in [0.2, 0.25) is 0 Å². The van der Waals surface area contributed by atoms with Gasteiger partial charge < -0.3 is 0 Å². The summed E-state index contributed by atoms with van der Waals surface area (Å²) >= 11 is 0. The van der Waals surface area contributed by atoms with Crippen LogP contribution in [0.3, 0.4) is 0 Å². The number of amides is 1. The number of pyridine rings is 1. The van der Waals surface area contributed by atoms with Crippen LogP contribution in [0.15, 0.2) is 71.9 Å². The van der Waals surface area contributed by atoms with Crippen molar-refractivity contribution in [3.63, 3.8) is 0 Å². The van der Waals surface area contributed by atoms with Crippen LogP contribution in [0.2, 0.25) is 0 Å². The van der Waals surface area contributed by atoms with Gasteiger partial charge in [-0.05, 0) is 43.7 Å². The Hall–Kier alpha value is -3.27. The van der Waals surface area contributed by atoms with Gasteiger partial charge in [-0.2, -0.15) is 5.10 Å². The molecule has 2 aliphatic carbocycles. The number of allylic oxidation sites excluding steroid dienone is 2. The molecule has 2 aliphatic rings. The summed E-state index contributed by atoms with van der Waals surface area (Å²) < 4.78 is 0. The molecule has 2 bridgehead atoms. The van der Waals surface area contributed by atoms with E-state index in [9.17, 15) is 4.79 Å². The fraction of sp³-hybridized carbons (Fsp3) is 0.240. The van der Waals surface area contributed by atoms with Crippen molar-refractivity contribution in [3.05, 3.63) is 77.9 Å². The largest absolute Gasteiger partial charge is 0.272 e. The normalized spacial score (nSPS) is 22.6. The summed E-state index contributed by atoms with van der Waals surface area (Å²) in [5, 5.41) is 5.12. The zero-order valence-electron chi connectivity index (χ0n) is 16.4. The Morgan fingerprint density at radius 3 is 2.69 bits per heavy atom. The molecule has 0 aliphatic heterocycles. The van der Waals surface area contributed by atoms with Gasteiger partial charge in [-0.15, -0.1) is 0 Å². The van der Waals surface area contributed by atoms with Crippen LogP contribution in [0.5, 0.6) is 0 Å². The van der Waals surface area contributed by atoms with Crippen molar-refractivity contribution < 1.29 is 4.79 Å². The van der Waals surface area contributed by atoms with Crippen molar-refractivity contribution in [1.29, 1.82) is 0 Å². The minimum Gasteiger partial charge on any atom is -0.267 e. The van der Waals surface area contributed by atoms with Crippen LogP contribution in [0, 0.1) is 24.7 Å². The predicted octanol–water partition coefficient (Wildman–Crippen LogP) is 5.14. The number of benzene rings is 2. The second-order valence-electron chi connectivity index (χ2n) is 8.10. The molecule has 0 radical (unpaired) electrons. The van der Waals surface area contributed by atoms with Gasteiger partial charge in [0.15, 0.2) is 0 Å². The first-order chi connectivity index (χ1) is 14.2. The maximum Gasteiger partial charge on any atom is 0.272 e. The van der Waals surface area contributed by atoms with E-state index < -0.39 is 0 Å². The molecule has 5 rings (SSSR count). The number of aryl methyl sites for hydroxylation is 1. The molecule has 0 spiro atoms. The summed E-state index contributed by atoms with van der Waals surface area (Å²) in [6.45, 7) is 2.06. The number of nitrogens with zero attached hydrogens (tertiary/aromatic N) is 2. The number of carbonyl (C=O) groups excluding carboxylic acids is 1. The fourth-order valence-electron chi connectivity index (χ4n) is 4.48. The van der Waals surface area contributed by atoms with E-state index in [-0.39, 0.29) is 5.91 Å². The van der Waals surface area contributed by atoms with Gasteiger partial charge in [0, 0.05) is 23.1 Å². The molecule has 0 saturated heterocycles. The van der Waals surface area contributed by atoms with E-state index in [1.165, 1.54) is 12.0 Å². The smallest absolute Gasteiger partial charge is 0.267 e. The van der Waals surface area contributed by atoms with Crippen LogP contribution in [-0.2, 0) is 0 Å². The van der Waals surface area contributed by atoms with Crippen molar-refractivity contribution in [2.45, 2.75) is 19.8 Å². The number of hydrogen-bond acceptors (Lipinski definition) is 3. The molecule has 1 heterocycles. The summed E-state index contributed by atoms with van der Waals surface area (Å²) in [5.41, 5.74) is 7.11. The van der Waals surface area contributed by atoms with Gasteiger partial charge in [-0.25, -0.2) is 10.4 Å². The maximum absolute atomic E-state index is 13.0. The Labute approximate surface area is 170 Å². The molecule has 29 heavy (non-hydrogen) atoms. The first kappa shape index (κ1) is 17.8. The summed E-state index contributed by atoms with van der Waals surface area (Å²) in [6, 6.07) is 17.8. The summed E-state index contributed by atoms with van der Waals surface area (Å²) in [4.78, 5) is 17.7. The molecule has 144 valence electrons. The van der Waals surface area contributed by atoms with Gasteiger partial charge in [0.05, 0.1) is 16.8 Å². The van der Waals surface area contributed by atoms with E-state index in [2.05, 4.69) is 41.7 Å². The summed E-state index contributed by atoms with van der Waals surface area (Å²) in [7, 11) is 0. The molecule has 4 heteroatoms. The number of rotatable bonds is 4. The molecule has 1 aromatic heterocycles. The van der Waals surface area contributed by atoms with Gasteiger partial charge in [0.1, 0.15) is 0 Å². The predicted molar refractivity (Wildman–Crippen MR) is 117 cm³/mol. The topological polar surface area (TPSA) is 54.4 Å². The number of nitrogens with one attached hydrogen (secondary N) is 1. The number of hydrazone groups is 1. The highest BCUT2D eigenvalue weighted by molar-refractivity contribution is 6.07. The van der Waals surface area contributed by atoms with E-state index in [0.717, 1.165) is 28.6 Å². The first-order valence-electron chi connectivity index (χ1n) is 10.2. The zero-order chi connectivity index (χ0) is 19.8. The highest BCUT2D eigenvalue weighted by Crippen LogP contribution is 2.42. The number of carbonyl (C=O) groups is 1. The summed E-state index contributed by atoms with van der Waals surface area (Å²) in [6.07, 6.45) is 8.87. The van der Waals surface area contributed by atoms with Crippen LogP contribution in [-0.4, -0.2) is 17.1 Å². The lowest BCUT2D eigenvalue weighted by Crippen LogP contribution is -2.20. The molecule has 2 aromatic carbocycles. The molecule has 4 nitrogen and oxygen atoms in total. The Morgan fingerprint density at radius 1 is 1.10 bits per heavy atom. The average Bonchev–Trinajstić information content (AvgIpc) is 3.37. The lowest BCUT2D eigenvalue weighted by molar-refractivity contribution is 0.0956. The fourth-order valence-corrected chi connectivity index (χ4v) is 4.48. The Morgan fingerprint density at radius 2 is 1.93 bits per heavy atom. The van der Waals surface area contributed by atoms with E-state index in [1.54, 1.807) is 0 Å². The van der Waals surface area contributed by atoms with Crippen molar-refractivity contribution >= 4 is 23.0 Å². The van der Waals surface area contributed by atoms with Crippen molar-refractivity contribution in [2.24, 2.45) is 22.9 Å². The molecule has 1 saturated carbocycles. The molecule has 0 unspecified atom stereocenters. The molecular weight excluding hydrogens is 358 g/mol. The van der Waals surface area contributed by atoms with Gasteiger partial charge in [-0.1, -0.05) is 60.2 Å². The quantitative estimate of drug-likeness (QED) is 0.387. The molecule has 1 N–H and O–H groups in total. The maximum atomic E-state index is 13.0. The lowest BCUT2D eigenvalue weighted by atomic mass is 9.95.